The van der Waals surface area contributed by atoms with E-state index in [1.165, 1.54) is 0 Å². The van der Waals surface area contributed by atoms with Gasteiger partial charge in [0.05, 0.1) is 18.9 Å². The van der Waals surface area contributed by atoms with E-state index in [1.807, 2.05) is 0 Å². The van der Waals surface area contributed by atoms with Gasteiger partial charge in [0.25, 0.3) is 0 Å². The Morgan fingerprint density at radius 2 is 2.07 bits per heavy atom. The number of ether oxygens (including phenoxy) is 1. The van der Waals surface area contributed by atoms with Gasteiger partial charge in [-0.25, -0.2) is 0 Å². The van der Waals surface area contributed by atoms with Gasteiger partial charge in [0.15, 0.2) is 0 Å². The van der Waals surface area contributed by atoms with Crippen LogP contribution in [0.1, 0.15) is 32.6 Å². The van der Waals surface area contributed by atoms with Gasteiger partial charge < -0.3 is 9.84 Å². The average Bonchev–Trinajstić information content (AvgIpc) is 2.16. The van der Waals surface area contributed by atoms with Crippen molar-refractivity contribution in [1.29, 1.82) is 0 Å². The molecule has 0 fully saturated rings. The Morgan fingerprint density at radius 1 is 1.40 bits per heavy atom. The lowest BCUT2D eigenvalue weighted by molar-refractivity contribution is -0.153. The van der Waals surface area contributed by atoms with E-state index < -0.39 is 17.9 Å². The summed E-state index contributed by atoms with van der Waals surface area (Å²) in [7, 11) is 0. The fraction of sp³-hybridized carbons (Fsp3) is 0.800. The summed E-state index contributed by atoms with van der Waals surface area (Å²) in [5.41, 5.74) is 0. The van der Waals surface area contributed by atoms with E-state index in [2.05, 4.69) is 12.6 Å². The Bertz CT molecular complexity index is 206. The van der Waals surface area contributed by atoms with Crippen LogP contribution < -0.4 is 0 Å². The first-order valence-corrected chi connectivity index (χ1v) is 5.74. The van der Waals surface area contributed by atoms with Gasteiger partial charge in [-0.05, 0) is 25.5 Å². The molecule has 0 saturated carbocycles. The number of esters is 1. The summed E-state index contributed by atoms with van der Waals surface area (Å²) in [6.07, 6.45) is 2.11. The number of thiol groups is 1. The van der Waals surface area contributed by atoms with Crippen LogP contribution in [0, 0.1) is 5.92 Å². The molecule has 0 rings (SSSR count). The lowest BCUT2D eigenvalue weighted by atomic mass is 9.99. The highest BCUT2D eigenvalue weighted by molar-refractivity contribution is 7.80. The van der Waals surface area contributed by atoms with Crippen LogP contribution in [0.5, 0.6) is 0 Å². The highest BCUT2D eigenvalue weighted by Gasteiger charge is 2.22. The van der Waals surface area contributed by atoms with E-state index in [-0.39, 0.29) is 6.42 Å². The molecule has 0 aliphatic heterocycles. The summed E-state index contributed by atoms with van der Waals surface area (Å²) < 4.78 is 4.81. The van der Waals surface area contributed by atoms with E-state index in [9.17, 15) is 9.59 Å². The van der Waals surface area contributed by atoms with Crippen molar-refractivity contribution in [2.75, 3.05) is 12.4 Å². The molecule has 0 saturated heterocycles. The largest absolute Gasteiger partial charge is 0.481 e. The SMILES string of the molecule is CCOC(=O)C(CCCCS)CC(=O)O. The number of aliphatic carboxylic acids is 1. The topological polar surface area (TPSA) is 63.6 Å². The molecule has 0 aromatic heterocycles. The Hall–Kier alpha value is -0.710. The molecule has 1 N–H and O–H groups in total. The van der Waals surface area contributed by atoms with Crippen molar-refractivity contribution in [2.45, 2.75) is 32.6 Å². The van der Waals surface area contributed by atoms with Crippen LogP contribution in [-0.4, -0.2) is 29.4 Å². The van der Waals surface area contributed by atoms with Crippen molar-refractivity contribution in [3.05, 3.63) is 0 Å². The van der Waals surface area contributed by atoms with Gasteiger partial charge in [-0.3, -0.25) is 9.59 Å². The Balaban J connectivity index is 4.05. The molecule has 0 aliphatic carbocycles. The second-order valence-electron chi connectivity index (χ2n) is 3.27. The van der Waals surface area contributed by atoms with Crippen LogP contribution in [0.2, 0.25) is 0 Å². The van der Waals surface area contributed by atoms with Gasteiger partial charge in [0.2, 0.25) is 0 Å². The smallest absolute Gasteiger partial charge is 0.309 e. The molecule has 0 spiro atoms. The zero-order chi connectivity index (χ0) is 11.7. The van der Waals surface area contributed by atoms with Crippen LogP contribution in [-0.2, 0) is 14.3 Å². The first-order valence-electron chi connectivity index (χ1n) is 5.11. The minimum Gasteiger partial charge on any atom is -0.481 e. The Morgan fingerprint density at radius 3 is 2.53 bits per heavy atom. The van der Waals surface area contributed by atoms with Gasteiger partial charge >= 0.3 is 11.9 Å². The second-order valence-corrected chi connectivity index (χ2v) is 3.71. The Labute approximate surface area is 95.4 Å². The highest BCUT2D eigenvalue weighted by Crippen LogP contribution is 2.15. The number of hydrogen-bond acceptors (Lipinski definition) is 4. The molecule has 5 heteroatoms. The average molecular weight is 234 g/mol. The van der Waals surface area contributed by atoms with E-state index in [0.717, 1.165) is 18.6 Å². The van der Waals surface area contributed by atoms with Gasteiger partial charge in [0.1, 0.15) is 0 Å². The fourth-order valence-electron chi connectivity index (χ4n) is 1.28. The van der Waals surface area contributed by atoms with E-state index >= 15 is 0 Å². The van der Waals surface area contributed by atoms with Crippen molar-refractivity contribution in [1.82, 2.24) is 0 Å². The van der Waals surface area contributed by atoms with E-state index in [1.54, 1.807) is 6.92 Å². The summed E-state index contributed by atoms with van der Waals surface area (Å²) in [4.78, 5) is 21.9. The molecule has 15 heavy (non-hydrogen) atoms. The minimum atomic E-state index is -0.959. The third-order valence-corrected chi connectivity index (χ3v) is 2.32. The lowest BCUT2D eigenvalue weighted by Crippen LogP contribution is -2.21. The number of carbonyl (C=O) groups is 2. The summed E-state index contributed by atoms with van der Waals surface area (Å²) in [6, 6.07) is 0. The van der Waals surface area contributed by atoms with E-state index in [4.69, 9.17) is 9.84 Å². The molecule has 0 radical (unpaired) electrons. The maximum Gasteiger partial charge on any atom is 0.309 e. The first-order chi connectivity index (χ1) is 7.11. The van der Waals surface area contributed by atoms with Crippen molar-refractivity contribution < 1.29 is 19.4 Å². The summed E-state index contributed by atoms with van der Waals surface area (Å²) in [5, 5.41) is 8.63. The van der Waals surface area contributed by atoms with Gasteiger partial charge in [-0.15, -0.1) is 0 Å². The molecule has 0 amide bonds. The number of carboxylic acid groups (broad SMARTS) is 1. The molecule has 1 unspecified atom stereocenters. The predicted molar refractivity (Wildman–Crippen MR) is 60.1 cm³/mol. The molecule has 0 bridgehead atoms. The quantitative estimate of drug-likeness (QED) is 0.381. The van der Waals surface area contributed by atoms with Crippen LogP contribution in [0.25, 0.3) is 0 Å². The summed E-state index contributed by atoms with van der Waals surface area (Å²) >= 11 is 4.05. The molecule has 0 aromatic carbocycles. The minimum absolute atomic E-state index is 0.147. The van der Waals surface area contributed by atoms with Crippen LogP contribution in [0.4, 0.5) is 0 Å². The number of carboxylic acids is 1. The molecular weight excluding hydrogens is 216 g/mol. The number of carbonyl (C=O) groups excluding carboxylic acids is 1. The molecular formula is C10H18O4S. The van der Waals surface area contributed by atoms with Gasteiger partial charge in [-0.2, -0.15) is 12.6 Å². The highest BCUT2D eigenvalue weighted by atomic mass is 32.1. The summed E-state index contributed by atoms with van der Waals surface area (Å²) in [5.74, 6) is -1.12. The second kappa shape index (κ2) is 8.59. The van der Waals surface area contributed by atoms with Crippen LogP contribution in [0.3, 0.4) is 0 Å². The summed E-state index contributed by atoms with van der Waals surface area (Å²) in [6.45, 7) is 2.00. The van der Waals surface area contributed by atoms with Crippen molar-refractivity contribution in [2.24, 2.45) is 5.92 Å². The molecule has 1 atom stereocenters. The van der Waals surface area contributed by atoms with E-state index in [0.29, 0.717) is 13.0 Å². The molecule has 4 nitrogen and oxygen atoms in total. The molecule has 0 heterocycles. The third-order valence-electron chi connectivity index (χ3n) is 2.00. The number of hydrogen-bond donors (Lipinski definition) is 2. The maximum atomic E-state index is 11.4. The number of rotatable bonds is 8. The number of unbranched alkanes of at least 4 members (excludes halogenated alkanes) is 1. The lowest BCUT2D eigenvalue weighted by Gasteiger charge is -2.12. The monoisotopic (exact) mass is 234 g/mol. The van der Waals surface area contributed by atoms with Crippen LogP contribution >= 0.6 is 12.6 Å². The Kier molecular flexibility index (Phi) is 8.18. The third kappa shape index (κ3) is 7.25. The molecule has 0 aliphatic rings. The zero-order valence-electron chi connectivity index (χ0n) is 8.94. The molecule has 88 valence electrons. The van der Waals surface area contributed by atoms with Gasteiger partial charge in [0, 0.05) is 0 Å². The van der Waals surface area contributed by atoms with Crippen molar-refractivity contribution in [3.8, 4) is 0 Å². The predicted octanol–water partition coefficient (Wildman–Crippen LogP) is 1.74. The van der Waals surface area contributed by atoms with Crippen molar-refractivity contribution in [3.63, 3.8) is 0 Å². The standard InChI is InChI=1S/C10H18O4S/c1-2-14-10(13)8(7-9(11)12)5-3-4-6-15/h8,15H,2-7H2,1H3,(H,11,12). The van der Waals surface area contributed by atoms with Crippen LogP contribution in [0.15, 0.2) is 0 Å². The zero-order valence-corrected chi connectivity index (χ0v) is 9.83. The van der Waals surface area contributed by atoms with Crippen molar-refractivity contribution >= 4 is 24.6 Å². The van der Waals surface area contributed by atoms with Gasteiger partial charge in [-0.1, -0.05) is 6.42 Å². The fourth-order valence-corrected chi connectivity index (χ4v) is 1.50. The normalized spacial score (nSPS) is 12.1. The maximum absolute atomic E-state index is 11.4. The first kappa shape index (κ1) is 14.3. The molecule has 0 aromatic rings.